The number of thiocarbonyl (C=S) groups is 1. The van der Waals surface area contributed by atoms with E-state index < -0.39 is 0 Å². The number of hydrazone groups is 1. The number of rotatable bonds is 5. The van der Waals surface area contributed by atoms with Crippen LogP contribution in [0.5, 0.6) is 0 Å². The van der Waals surface area contributed by atoms with Crippen LogP contribution in [0.1, 0.15) is 10.4 Å². The van der Waals surface area contributed by atoms with Crippen molar-refractivity contribution in [2.24, 2.45) is 5.10 Å². The van der Waals surface area contributed by atoms with Gasteiger partial charge in [0.2, 0.25) is 5.78 Å². The Morgan fingerprint density at radius 3 is 2.00 bits per heavy atom. The summed E-state index contributed by atoms with van der Waals surface area (Å²) in [6, 6.07) is 28.0. The first-order chi connectivity index (χ1) is 12.7. The molecule has 0 amide bonds. The van der Waals surface area contributed by atoms with Crippen molar-refractivity contribution in [1.29, 1.82) is 0 Å². The third-order valence-corrected chi connectivity index (χ3v) is 3.84. The third kappa shape index (κ3) is 4.62. The molecule has 0 bridgehead atoms. The molecule has 0 heterocycles. The maximum absolute atomic E-state index is 12.3. The molecule has 0 radical (unpaired) electrons. The lowest BCUT2D eigenvalue weighted by Gasteiger charge is -2.20. The summed E-state index contributed by atoms with van der Waals surface area (Å²) in [6.45, 7) is 0. The number of benzene rings is 3. The van der Waals surface area contributed by atoms with E-state index in [2.05, 4.69) is 10.4 Å². The summed E-state index contributed by atoms with van der Waals surface area (Å²) < 4.78 is 0. The fourth-order valence-electron chi connectivity index (χ4n) is 2.29. The smallest absolute Gasteiger partial charge is 0.205 e. The molecule has 0 atom stereocenters. The van der Waals surface area contributed by atoms with E-state index in [1.807, 2.05) is 78.9 Å². The van der Waals surface area contributed by atoms with Crippen LogP contribution >= 0.6 is 12.2 Å². The predicted octanol–water partition coefficient (Wildman–Crippen LogP) is 4.76. The fraction of sp³-hybridized carbons (Fsp3) is 0. The fourth-order valence-corrected chi connectivity index (χ4v) is 2.56. The highest BCUT2D eigenvalue weighted by molar-refractivity contribution is 7.80. The number of carbonyl (C=O) groups is 1. The average molecular weight is 359 g/mol. The van der Waals surface area contributed by atoms with Gasteiger partial charge in [0.05, 0.1) is 11.9 Å². The van der Waals surface area contributed by atoms with E-state index in [0.29, 0.717) is 10.7 Å². The average Bonchev–Trinajstić information content (AvgIpc) is 2.70. The van der Waals surface area contributed by atoms with Gasteiger partial charge >= 0.3 is 0 Å². The molecule has 0 fully saturated rings. The molecular weight excluding hydrogens is 342 g/mol. The monoisotopic (exact) mass is 359 g/mol. The number of nitrogens with zero attached hydrogens (tertiary/aromatic N) is 2. The molecule has 0 saturated heterocycles. The second kappa shape index (κ2) is 8.69. The molecule has 1 N–H and O–H groups in total. The minimum Gasteiger partial charge on any atom is -0.331 e. The molecule has 3 rings (SSSR count). The lowest BCUT2D eigenvalue weighted by Crippen LogP contribution is -2.30. The Kier molecular flexibility index (Phi) is 5.85. The second-order valence-electron chi connectivity index (χ2n) is 5.42. The molecule has 26 heavy (non-hydrogen) atoms. The second-order valence-corrected chi connectivity index (χ2v) is 5.81. The van der Waals surface area contributed by atoms with Crippen LogP contribution in [0, 0.1) is 0 Å². The maximum atomic E-state index is 12.3. The number of hydrogen-bond acceptors (Lipinski definition) is 3. The van der Waals surface area contributed by atoms with E-state index in [0.717, 1.165) is 11.4 Å². The number of carbonyl (C=O) groups excluding carboxylic acids is 1. The van der Waals surface area contributed by atoms with E-state index in [9.17, 15) is 4.79 Å². The van der Waals surface area contributed by atoms with Crippen LogP contribution in [0.4, 0.5) is 11.4 Å². The lowest BCUT2D eigenvalue weighted by molar-refractivity contribution is 0.107. The molecule has 5 heteroatoms. The third-order valence-electron chi connectivity index (χ3n) is 3.57. The standard InChI is InChI=1S/C21H17N3OS/c25-20(17-10-4-1-5-11-17)16-22-24(19-14-8-3-9-15-19)21(26)23-18-12-6-2-7-13-18/h1-16H,(H,23,26)/b22-16+. The van der Waals surface area contributed by atoms with Gasteiger partial charge in [0.15, 0.2) is 5.11 Å². The molecular formula is C21H17N3OS. The zero-order valence-corrected chi connectivity index (χ0v) is 14.8. The Balaban J connectivity index is 1.83. The summed E-state index contributed by atoms with van der Waals surface area (Å²) in [5, 5.41) is 9.36. The Hall–Kier alpha value is -3.31. The number of hydrogen-bond donors (Lipinski definition) is 1. The van der Waals surface area contributed by atoms with Crippen LogP contribution in [0.3, 0.4) is 0 Å². The van der Waals surface area contributed by atoms with Gasteiger partial charge in [-0.25, -0.2) is 5.01 Å². The van der Waals surface area contributed by atoms with E-state index in [1.165, 1.54) is 11.2 Å². The summed E-state index contributed by atoms with van der Waals surface area (Å²) in [7, 11) is 0. The van der Waals surface area contributed by atoms with E-state index in [4.69, 9.17) is 12.2 Å². The number of ketones is 1. The summed E-state index contributed by atoms with van der Waals surface area (Å²) >= 11 is 5.50. The number of para-hydroxylation sites is 2. The van der Waals surface area contributed by atoms with Crippen molar-refractivity contribution in [3.8, 4) is 0 Å². The summed E-state index contributed by atoms with van der Waals surface area (Å²) in [5.41, 5.74) is 2.19. The van der Waals surface area contributed by atoms with Gasteiger partial charge in [0, 0.05) is 11.3 Å². The summed E-state index contributed by atoms with van der Waals surface area (Å²) in [6.07, 6.45) is 1.28. The Morgan fingerprint density at radius 2 is 1.38 bits per heavy atom. The number of Topliss-reactive ketones (excluding diaryl/α,β-unsaturated/α-hetero) is 1. The van der Waals surface area contributed by atoms with Crippen LogP contribution < -0.4 is 10.3 Å². The largest absolute Gasteiger partial charge is 0.331 e. The molecule has 0 unspecified atom stereocenters. The zero-order valence-electron chi connectivity index (χ0n) is 13.9. The Labute approximate surface area is 157 Å². The van der Waals surface area contributed by atoms with Gasteiger partial charge in [0.25, 0.3) is 0 Å². The minimum atomic E-state index is -0.186. The first kappa shape index (κ1) is 17.5. The van der Waals surface area contributed by atoms with Crippen molar-refractivity contribution in [3.63, 3.8) is 0 Å². The van der Waals surface area contributed by atoms with Crippen LogP contribution in [-0.2, 0) is 0 Å². The van der Waals surface area contributed by atoms with Crippen molar-refractivity contribution in [3.05, 3.63) is 96.6 Å². The van der Waals surface area contributed by atoms with Crippen LogP contribution in [-0.4, -0.2) is 17.1 Å². The molecule has 3 aromatic rings. The highest BCUT2D eigenvalue weighted by atomic mass is 32.1. The molecule has 0 spiro atoms. The quantitative estimate of drug-likeness (QED) is 0.309. The van der Waals surface area contributed by atoms with E-state index in [-0.39, 0.29) is 5.78 Å². The van der Waals surface area contributed by atoms with Gasteiger partial charge in [-0.15, -0.1) is 0 Å². The van der Waals surface area contributed by atoms with Gasteiger partial charge in [-0.05, 0) is 36.5 Å². The molecule has 0 aliphatic rings. The maximum Gasteiger partial charge on any atom is 0.205 e. The van der Waals surface area contributed by atoms with Gasteiger partial charge in [0.1, 0.15) is 0 Å². The summed E-state index contributed by atoms with van der Waals surface area (Å²) in [4.78, 5) is 12.3. The minimum absolute atomic E-state index is 0.186. The molecule has 0 saturated carbocycles. The Morgan fingerprint density at radius 1 is 0.846 bits per heavy atom. The lowest BCUT2D eigenvalue weighted by atomic mass is 10.1. The van der Waals surface area contributed by atoms with E-state index in [1.54, 1.807) is 12.1 Å². The van der Waals surface area contributed by atoms with Crippen LogP contribution in [0.2, 0.25) is 0 Å². The van der Waals surface area contributed by atoms with Gasteiger partial charge < -0.3 is 5.32 Å². The Bertz CT molecular complexity index is 896. The molecule has 0 aliphatic carbocycles. The normalized spacial score (nSPS) is 10.5. The first-order valence-corrected chi connectivity index (χ1v) is 8.49. The highest BCUT2D eigenvalue weighted by Gasteiger charge is 2.12. The van der Waals surface area contributed by atoms with Crippen molar-refractivity contribution in [2.45, 2.75) is 0 Å². The topological polar surface area (TPSA) is 44.7 Å². The number of nitrogens with one attached hydrogen (secondary N) is 1. The van der Waals surface area contributed by atoms with Crippen molar-refractivity contribution < 1.29 is 4.79 Å². The van der Waals surface area contributed by atoms with Crippen molar-refractivity contribution >= 4 is 40.7 Å². The molecule has 128 valence electrons. The van der Waals surface area contributed by atoms with Gasteiger partial charge in [-0.3, -0.25) is 4.79 Å². The molecule has 3 aromatic carbocycles. The highest BCUT2D eigenvalue weighted by Crippen LogP contribution is 2.16. The van der Waals surface area contributed by atoms with Gasteiger partial charge in [-0.1, -0.05) is 66.7 Å². The molecule has 0 aliphatic heterocycles. The van der Waals surface area contributed by atoms with Crippen LogP contribution in [0.25, 0.3) is 0 Å². The number of anilines is 2. The molecule has 0 aromatic heterocycles. The predicted molar refractivity (Wildman–Crippen MR) is 111 cm³/mol. The zero-order chi connectivity index (χ0) is 18.2. The first-order valence-electron chi connectivity index (χ1n) is 8.08. The van der Waals surface area contributed by atoms with Crippen LogP contribution in [0.15, 0.2) is 96.1 Å². The van der Waals surface area contributed by atoms with E-state index >= 15 is 0 Å². The van der Waals surface area contributed by atoms with Gasteiger partial charge in [-0.2, -0.15) is 5.10 Å². The molecule has 4 nitrogen and oxygen atoms in total. The van der Waals surface area contributed by atoms with Crippen molar-refractivity contribution in [1.82, 2.24) is 0 Å². The van der Waals surface area contributed by atoms with Crippen molar-refractivity contribution in [2.75, 3.05) is 10.3 Å². The SMILES string of the molecule is O=C(/C=N/N(C(=S)Nc1ccccc1)c1ccccc1)c1ccccc1. The summed E-state index contributed by atoms with van der Waals surface area (Å²) in [5.74, 6) is -0.186.